The van der Waals surface area contributed by atoms with Gasteiger partial charge in [0.15, 0.2) is 0 Å². The van der Waals surface area contributed by atoms with Crippen LogP contribution in [-0.2, 0) is 6.54 Å². The van der Waals surface area contributed by atoms with E-state index in [0.29, 0.717) is 6.54 Å². The molecule has 0 bridgehead atoms. The smallest absolute Gasteiger partial charge is 0.121 e. The lowest BCUT2D eigenvalue weighted by Gasteiger charge is -2.18. The number of nitrogens with one attached hydrogen (secondary N) is 1. The minimum absolute atomic E-state index is 0.328. The van der Waals surface area contributed by atoms with Crippen LogP contribution in [0.2, 0.25) is 0 Å². The van der Waals surface area contributed by atoms with Gasteiger partial charge in [-0.05, 0) is 20.8 Å². The van der Waals surface area contributed by atoms with Gasteiger partial charge in [0.2, 0.25) is 0 Å². The Labute approximate surface area is 77.7 Å². The van der Waals surface area contributed by atoms with Crippen molar-refractivity contribution in [3.63, 3.8) is 0 Å². The zero-order valence-corrected chi connectivity index (χ0v) is 8.09. The van der Waals surface area contributed by atoms with Crippen LogP contribution in [0.25, 0.3) is 0 Å². The maximum Gasteiger partial charge on any atom is 0.121 e. The molecule has 0 atom stereocenters. The molecule has 1 rings (SSSR count). The first-order valence-corrected chi connectivity index (χ1v) is 4.06. The minimum Gasteiger partial charge on any atom is -0.296 e. The molecule has 0 amide bonds. The third-order valence-electron chi connectivity index (χ3n) is 1.81. The molecular formula is C9H13N3O. The van der Waals surface area contributed by atoms with Crippen LogP contribution in [0.1, 0.15) is 25.2 Å². The van der Waals surface area contributed by atoms with E-state index in [-0.39, 0.29) is 5.54 Å². The first-order valence-electron chi connectivity index (χ1n) is 4.06. The van der Waals surface area contributed by atoms with Crippen LogP contribution in [0, 0.1) is 19.3 Å². The van der Waals surface area contributed by atoms with Crippen LogP contribution >= 0.6 is 0 Å². The summed E-state index contributed by atoms with van der Waals surface area (Å²) in [5.41, 5.74) is 1.26. The summed E-state index contributed by atoms with van der Waals surface area (Å²) in [6.07, 6.45) is 5.31. The highest BCUT2D eigenvalue weighted by Crippen LogP contribution is 2.04. The zero-order chi connectivity index (χ0) is 9.90. The molecule has 0 aliphatic carbocycles. The van der Waals surface area contributed by atoms with Crippen molar-refractivity contribution in [1.82, 2.24) is 15.6 Å². The molecule has 0 fully saturated rings. The van der Waals surface area contributed by atoms with Gasteiger partial charge in [0.1, 0.15) is 11.4 Å². The van der Waals surface area contributed by atoms with Crippen molar-refractivity contribution in [3.8, 4) is 12.3 Å². The summed E-state index contributed by atoms with van der Waals surface area (Å²) >= 11 is 0. The topological polar surface area (TPSA) is 51.0 Å². The average molecular weight is 179 g/mol. The lowest BCUT2D eigenvalue weighted by atomic mass is 10.1. The molecule has 0 unspecified atom stereocenters. The maximum atomic E-state index is 5.31. The Hall–Kier alpha value is -1.34. The Bertz CT molecular complexity index is 322. The Kier molecular flexibility index (Phi) is 2.69. The van der Waals surface area contributed by atoms with Crippen LogP contribution in [0.4, 0.5) is 0 Å². The van der Waals surface area contributed by atoms with E-state index in [2.05, 4.69) is 26.2 Å². The predicted molar refractivity (Wildman–Crippen MR) is 48.8 cm³/mol. The summed E-state index contributed by atoms with van der Waals surface area (Å²) in [6, 6.07) is 0. The van der Waals surface area contributed by atoms with E-state index in [1.807, 2.05) is 20.8 Å². The monoisotopic (exact) mass is 179 g/mol. The van der Waals surface area contributed by atoms with Crippen molar-refractivity contribution in [2.45, 2.75) is 32.9 Å². The second-order valence-electron chi connectivity index (χ2n) is 3.42. The first kappa shape index (κ1) is 9.75. The molecule has 1 heterocycles. The number of hydrogen-bond acceptors (Lipinski definition) is 4. The fourth-order valence-electron chi connectivity index (χ4n) is 0.766. The Morgan fingerprint density at radius 3 is 2.69 bits per heavy atom. The molecule has 0 aliphatic heterocycles. The molecule has 13 heavy (non-hydrogen) atoms. The second kappa shape index (κ2) is 3.58. The molecule has 0 aromatic carbocycles. The Balaban J connectivity index is 2.54. The maximum absolute atomic E-state index is 5.31. The van der Waals surface area contributed by atoms with Crippen LogP contribution < -0.4 is 5.32 Å². The lowest BCUT2D eigenvalue weighted by Crippen LogP contribution is -2.37. The molecule has 0 saturated carbocycles. The average Bonchev–Trinajstić information content (AvgIpc) is 2.48. The summed E-state index contributed by atoms with van der Waals surface area (Å²) < 4.78 is 4.55. The van der Waals surface area contributed by atoms with Crippen molar-refractivity contribution in [1.29, 1.82) is 0 Å². The number of aryl methyl sites for hydroxylation is 1. The number of rotatable bonds is 3. The number of terminal acetylenes is 1. The van der Waals surface area contributed by atoms with Crippen molar-refractivity contribution >= 4 is 0 Å². The van der Waals surface area contributed by atoms with Crippen molar-refractivity contribution < 1.29 is 4.63 Å². The summed E-state index contributed by atoms with van der Waals surface area (Å²) in [5.74, 6) is 2.63. The van der Waals surface area contributed by atoms with E-state index in [1.54, 1.807) is 0 Å². The minimum atomic E-state index is -0.328. The molecule has 0 aliphatic rings. The standard InChI is InChI=1S/C9H13N3O/c1-5-9(3,4)10-6-8-7(2)11-13-12-8/h1,10H,6H2,2-4H3. The third kappa shape index (κ3) is 2.56. The van der Waals surface area contributed by atoms with Gasteiger partial charge in [-0.2, -0.15) is 0 Å². The normalized spacial score (nSPS) is 11.2. The van der Waals surface area contributed by atoms with Gasteiger partial charge in [0, 0.05) is 6.54 Å². The molecule has 4 heteroatoms. The van der Waals surface area contributed by atoms with E-state index >= 15 is 0 Å². The van der Waals surface area contributed by atoms with Crippen LogP contribution in [0.3, 0.4) is 0 Å². The lowest BCUT2D eigenvalue weighted by molar-refractivity contribution is 0.299. The molecule has 0 spiro atoms. The SMILES string of the molecule is C#CC(C)(C)NCc1nonc1C. The molecule has 70 valence electrons. The zero-order valence-electron chi connectivity index (χ0n) is 8.09. The molecule has 1 aromatic heterocycles. The van der Waals surface area contributed by atoms with Gasteiger partial charge in [-0.15, -0.1) is 6.42 Å². The Morgan fingerprint density at radius 1 is 1.54 bits per heavy atom. The van der Waals surface area contributed by atoms with Gasteiger partial charge in [-0.25, -0.2) is 4.63 Å². The third-order valence-corrected chi connectivity index (χ3v) is 1.81. The molecule has 4 nitrogen and oxygen atoms in total. The fraction of sp³-hybridized carbons (Fsp3) is 0.556. The van der Waals surface area contributed by atoms with Crippen molar-refractivity contribution in [3.05, 3.63) is 11.4 Å². The fourth-order valence-corrected chi connectivity index (χ4v) is 0.766. The summed E-state index contributed by atoms with van der Waals surface area (Å²) in [5, 5.41) is 10.6. The molecular weight excluding hydrogens is 166 g/mol. The summed E-state index contributed by atoms with van der Waals surface area (Å²) in [6.45, 7) is 6.27. The highest BCUT2D eigenvalue weighted by Gasteiger charge is 2.14. The van der Waals surface area contributed by atoms with Crippen LogP contribution in [-0.4, -0.2) is 15.9 Å². The largest absolute Gasteiger partial charge is 0.296 e. The van der Waals surface area contributed by atoms with E-state index in [9.17, 15) is 0 Å². The van der Waals surface area contributed by atoms with Crippen molar-refractivity contribution in [2.24, 2.45) is 0 Å². The molecule has 1 N–H and O–H groups in total. The second-order valence-corrected chi connectivity index (χ2v) is 3.42. The Morgan fingerprint density at radius 2 is 2.23 bits per heavy atom. The molecule has 0 radical (unpaired) electrons. The van der Waals surface area contributed by atoms with Gasteiger partial charge in [-0.3, -0.25) is 5.32 Å². The summed E-state index contributed by atoms with van der Waals surface area (Å²) in [4.78, 5) is 0. The van der Waals surface area contributed by atoms with Crippen LogP contribution in [0.15, 0.2) is 4.63 Å². The molecule has 1 aromatic rings. The van der Waals surface area contributed by atoms with Crippen molar-refractivity contribution in [2.75, 3.05) is 0 Å². The van der Waals surface area contributed by atoms with Gasteiger partial charge in [-0.1, -0.05) is 16.2 Å². The van der Waals surface area contributed by atoms with E-state index in [4.69, 9.17) is 6.42 Å². The van der Waals surface area contributed by atoms with E-state index in [0.717, 1.165) is 11.4 Å². The van der Waals surface area contributed by atoms with Gasteiger partial charge >= 0.3 is 0 Å². The van der Waals surface area contributed by atoms with Gasteiger partial charge < -0.3 is 0 Å². The van der Waals surface area contributed by atoms with E-state index < -0.39 is 0 Å². The quantitative estimate of drug-likeness (QED) is 0.700. The van der Waals surface area contributed by atoms with Gasteiger partial charge in [0.05, 0.1) is 5.54 Å². The summed E-state index contributed by atoms with van der Waals surface area (Å²) in [7, 11) is 0. The highest BCUT2D eigenvalue weighted by atomic mass is 16.6. The molecule has 0 saturated heterocycles. The van der Waals surface area contributed by atoms with Crippen LogP contribution in [0.5, 0.6) is 0 Å². The predicted octanol–water partition coefficient (Wildman–Crippen LogP) is 0.879. The number of aromatic nitrogens is 2. The van der Waals surface area contributed by atoms with Gasteiger partial charge in [0.25, 0.3) is 0 Å². The first-order chi connectivity index (χ1) is 6.05. The van der Waals surface area contributed by atoms with E-state index in [1.165, 1.54) is 0 Å². The highest BCUT2D eigenvalue weighted by molar-refractivity contribution is 5.10. The number of hydrogen-bond donors (Lipinski definition) is 1. The number of nitrogens with zero attached hydrogens (tertiary/aromatic N) is 2.